The minimum Gasteiger partial charge on any atom is -0.0622 e. The van der Waals surface area contributed by atoms with E-state index in [4.69, 9.17) is 0 Å². The molecule has 0 heterocycles. The molecule has 11 aromatic carbocycles. The summed E-state index contributed by atoms with van der Waals surface area (Å²) in [4.78, 5) is 0. The van der Waals surface area contributed by atoms with Crippen molar-refractivity contribution in [3.05, 3.63) is 243 Å². The summed E-state index contributed by atoms with van der Waals surface area (Å²) in [6.07, 6.45) is 0. The van der Waals surface area contributed by atoms with E-state index in [-0.39, 0.29) is 0 Å². The first kappa shape index (κ1) is 35.4. The van der Waals surface area contributed by atoms with E-state index >= 15 is 0 Å². The number of hydrogen-bond donors (Lipinski definition) is 0. The molecular formula is C60H40. The van der Waals surface area contributed by atoms with Gasteiger partial charge in [-0.15, -0.1) is 0 Å². The molecule has 0 unspecified atom stereocenters. The Hall–Kier alpha value is -7.80. The molecule has 0 bridgehead atoms. The lowest BCUT2D eigenvalue weighted by Gasteiger charge is -2.19. The predicted molar refractivity (Wildman–Crippen MR) is 257 cm³/mol. The third kappa shape index (κ3) is 6.46. The molecule has 0 radical (unpaired) electrons. The van der Waals surface area contributed by atoms with Gasteiger partial charge >= 0.3 is 0 Å². The van der Waals surface area contributed by atoms with E-state index in [0.717, 1.165) is 0 Å². The van der Waals surface area contributed by atoms with E-state index in [1.165, 1.54) is 110 Å². The predicted octanol–water partition coefficient (Wildman–Crippen LogP) is 16.8. The van der Waals surface area contributed by atoms with E-state index in [2.05, 4.69) is 243 Å². The van der Waals surface area contributed by atoms with Gasteiger partial charge in [0.1, 0.15) is 0 Å². The Kier molecular flexibility index (Phi) is 8.95. The molecule has 0 amide bonds. The maximum Gasteiger partial charge on any atom is -0.00261 e. The van der Waals surface area contributed by atoms with Crippen molar-refractivity contribution in [1.29, 1.82) is 0 Å². The van der Waals surface area contributed by atoms with E-state index in [1.54, 1.807) is 0 Å². The minimum absolute atomic E-state index is 1.18. The lowest BCUT2D eigenvalue weighted by molar-refractivity contribution is 1.55. The van der Waals surface area contributed by atoms with Crippen LogP contribution in [0.2, 0.25) is 0 Å². The Morgan fingerprint density at radius 3 is 1.18 bits per heavy atom. The summed E-state index contributed by atoms with van der Waals surface area (Å²) in [5.41, 5.74) is 17.0. The van der Waals surface area contributed by atoms with E-state index < -0.39 is 0 Å². The number of hydrogen-bond acceptors (Lipinski definition) is 0. The van der Waals surface area contributed by atoms with Crippen LogP contribution in [0.3, 0.4) is 0 Å². The highest BCUT2D eigenvalue weighted by atomic mass is 14.2. The molecule has 60 heavy (non-hydrogen) atoms. The van der Waals surface area contributed by atoms with Gasteiger partial charge in [-0.3, -0.25) is 0 Å². The van der Waals surface area contributed by atoms with Crippen LogP contribution in [0.15, 0.2) is 243 Å². The zero-order valence-electron chi connectivity index (χ0n) is 33.1. The zero-order chi connectivity index (χ0) is 39.8. The van der Waals surface area contributed by atoms with Gasteiger partial charge in [0, 0.05) is 0 Å². The second-order valence-corrected chi connectivity index (χ2v) is 15.6. The van der Waals surface area contributed by atoms with Crippen molar-refractivity contribution in [3.63, 3.8) is 0 Å². The Morgan fingerprint density at radius 2 is 0.567 bits per heavy atom. The van der Waals surface area contributed by atoms with Crippen LogP contribution in [0.25, 0.3) is 110 Å². The van der Waals surface area contributed by atoms with E-state index in [0.29, 0.717) is 0 Å². The van der Waals surface area contributed by atoms with Gasteiger partial charge in [0.2, 0.25) is 0 Å². The molecule has 0 spiro atoms. The maximum absolute atomic E-state index is 2.42. The zero-order valence-corrected chi connectivity index (χ0v) is 33.1. The average Bonchev–Trinajstić information content (AvgIpc) is 3.33. The first-order valence-corrected chi connectivity index (χ1v) is 20.7. The molecule has 0 N–H and O–H groups in total. The monoisotopic (exact) mass is 760 g/mol. The highest BCUT2D eigenvalue weighted by molar-refractivity contribution is 6.21. The molecule has 0 atom stereocenters. The third-order valence-electron chi connectivity index (χ3n) is 12.1. The number of fused-ring (bicyclic) bond motifs is 3. The van der Waals surface area contributed by atoms with Gasteiger partial charge in [-0.05, 0) is 128 Å². The van der Waals surface area contributed by atoms with Gasteiger partial charge in [-0.2, -0.15) is 0 Å². The Bertz CT molecular complexity index is 3260. The summed E-state index contributed by atoms with van der Waals surface area (Å²) in [6, 6.07) is 88.8. The highest BCUT2D eigenvalue weighted by Crippen LogP contribution is 2.46. The fourth-order valence-corrected chi connectivity index (χ4v) is 9.11. The van der Waals surface area contributed by atoms with Gasteiger partial charge in [0.05, 0.1) is 0 Å². The molecule has 0 nitrogen and oxygen atoms in total. The smallest absolute Gasteiger partial charge is 0.00261 e. The van der Waals surface area contributed by atoms with Crippen LogP contribution in [-0.4, -0.2) is 0 Å². The molecule has 0 saturated heterocycles. The van der Waals surface area contributed by atoms with Crippen molar-refractivity contribution in [2.75, 3.05) is 0 Å². The van der Waals surface area contributed by atoms with Crippen LogP contribution in [-0.2, 0) is 0 Å². The summed E-state index contributed by atoms with van der Waals surface area (Å²) in [7, 11) is 0. The van der Waals surface area contributed by atoms with E-state index in [1.807, 2.05) is 0 Å². The number of rotatable bonds is 7. The van der Waals surface area contributed by atoms with Crippen LogP contribution < -0.4 is 0 Å². The summed E-state index contributed by atoms with van der Waals surface area (Å²) in [6.45, 7) is 0. The Labute approximate surface area is 351 Å². The van der Waals surface area contributed by atoms with Crippen LogP contribution >= 0.6 is 0 Å². The highest BCUT2D eigenvalue weighted by Gasteiger charge is 2.18. The molecule has 0 fully saturated rings. The fraction of sp³-hybridized carbons (Fsp3) is 0. The summed E-state index contributed by atoms with van der Waals surface area (Å²) < 4.78 is 0. The van der Waals surface area contributed by atoms with Crippen molar-refractivity contribution in [1.82, 2.24) is 0 Å². The topological polar surface area (TPSA) is 0 Å². The second kappa shape index (κ2) is 15.2. The third-order valence-corrected chi connectivity index (χ3v) is 12.1. The largest absolute Gasteiger partial charge is 0.0622 e. The molecule has 11 aromatic rings. The molecule has 0 aliphatic carbocycles. The lowest BCUT2D eigenvalue weighted by atomic mass is 9.84. The lowest BCUT2D eigenvalue weighted by Crippen LogP contribution is -1.93. The van der Waals surface area contributed by atoms with Crippen molar-refractivity contribution in [2.45, 2.75) is 0 Å². The average molecular weight is 761 g/mol. The van der Waals surface area contributed by atoms with Gasteiger partial charge in [-0.25, -0.2) is 0 Å². The van der Waals surface area contributed by atoms with Crippen molar-refractivity contribution in [3.8, 4) is 77.9 Å². The number of benzene rings is 11. The molecule has 0 saturated carbocycles. The minimum atomic E-state index is 1.18. The summed E-state index contributed by atoms with van der Waals surface area (Å²) in [5.74, 6) is 0. The first-order valence-electron chi connectivity index (χ1n) is 20.7. The standard InChI is InChI=1S/C60H40/c1-3-14-41(15-4-1)49-20-13-21-51(39-49)53-37-36-52(60-56-24-11-9-22-54(56)59(47-17-5-2-6-18-47)55-23-10-12-25-57(55)60)40-58(53)46-33-30-44(31-34-46)43-26-28-45(29-27-43)50-35-32-42-16-7-8-19-48(42)38-50/h1-40H. The SMILES string of the molecule is c1ccc(-c2cccc(-c3ccc(-c4c5ccccc5c(-c5ccccc5)c5ccccc45)cc3-c3ccc(-c4ccc(-c5ccc6ccccc6c5)cc4)cc3)c2)cc1. The quantitative estimate of drug-likeness (QED) is 0.142. The van der Waals surface area contributed by atoms with Gasteiger partial charge in [0.15, 0.2) is 0 Å². The van der Waals surface area contributed by atoms with Crippen molar-refractivity contribution in [2.24, 2.45) is 0 Å². The van der Waals surface area contributed by atoms with Crippen molar-refractivity contribution >= 4 is 32.3 Å². The van der Waals surface area contributed by atoms with Crippen molar-refractivity contribution < 1.29 is 0 Å². The van der Waals surface area contributed by atoms with Gasteiger partial charge in [-0.1, -0.05) is 224 Å². The van der Waals surface area contributed by atoms with Gasteiger partial charge in [0.25, 0.3) is 0 Å². The maximum atomic E-state index is 2.42. The Morgan fingerprint density at radius 1 is 0.167 bits per heavy atom. The van der Waals surface area contributed by atoms with Crippen LogP contribution in [0.4, 0.5) is 0 Å². The fourth-order valence-electron chi connectivity index (χ4n) is 9.11. The normalized spacial score (nSPS) is 11.3. The summed E-state index contributed by atoms with van der Waals surface area (Å²) >= 11 is 0. The van der Waals surface area contributed by atoms with Crippen LogP contribution in [0, 0.1) is 0 Å². The summed E-state index contributed by atoms with van der Waals surface area (Å²) in [5, 5.41) is 7.54. The molecule has 0 aromatic heterocycles. The molecule has 0 aliphatic rings. The van der Waals surface area contributed by atoms with E-state index in [9.17, 15) is 0 Å². The van der Waals surface area contributed by atoms with Crippen LogP contribution in [0.5, 0.6) is 0 Å². The second-order valence-electron chi connectivity index (χ2n) is 15.6. The molecule has 0 aliphatic heterocycles. The Balaban J connectivity index is 1.05. The van der Waals surface area contributed by atoms with Gasteiger partial charge < -0.3 is 0 Å². The molecule has 11 rings (SSSR count). The van der Waals surface area contributed by atoms with Crippen LogP contribution in [0.1, 0.15) is 0 Å². The molecular weight excluding hydrogens is 721 g/mol. The molecule has 0 heteroatoms. The first-order chi connectivity index (χ1) is 29.7. The molecule has 280 valence electrons.